The van der Waals surface area contributed by atoms with Gasteiger partial charge in [0, 0.05) is 54.2 Å². The van der Waals surface area contributed by atoms with Gasteiger partial charge in [-0.1, -0.05) is 31.8 Å². The Labute approximate surface area is 258 Å². The molecule has 1 aliphatic heterocycles. The molecule has 0 spiro atoms. The third-order valence-electron chi connectivity index (χ3n) is 8.06. The van der Waals surface area contributed by atoms with Gasteiger partial charge in [-0.25, -0.2) is 15.0 Å². The summed E-state index contributed by atoms with van der Waals surface area (Å²) in [6.07, 6.45) is 13.4. The molecule has 1 aliphatic rings. The van der Waals surface area contributed by atoms with Gasteiger partial charge in [0.2, 0.25) is 5.91 Å². The zero-order valence-electron chi connectivity index (χ0n) is 25.5. The molecule has 2 aromatic carbocycles. The maximum Gasteiger partial charge on any atom is 0.226 e. The van der Waals surface area contributed by atoms with Crippen molar-refractivity contribution in [3.05, 3.63) is 60.3 Å². The van der Waals surface area contributed by atoms with Crippen molar-refractivity contribution in [2.75, 3.05) is 32.6 Å². The van der Waals surface area contributed by atoms with E-state index in [9.17, 15) is 9.59 Å². The molecule has 0 aliphatic carbocycles. The number of fused-ring (bicyclic) bond motifs is 1. The van der Waals surface area contributed by atoms with Crippen LogP contribution in [0.1, 0.15) is 62.9 Å². The van der Waals surface area contributed by atoms with E-state index in [4.69, 9.17) is 16.1 Å². The Balaban J connectivity index is 1.41. The molecule has 44 heavy (non-hydrogen) atoms. The number of Topliss-reactive ketones (excluding diaryl/α,β-unsaturated/α-hetero) is 1. The molecule has 1 fully saturated rings. The number of ketones is 1. The Morgan fingerprint density at radius 3 is 2.75 bits per heavy atom. The van der Waals surface area contributed by atoms with Crippen LogP contribution in [0, 0.1) is 18.3 Å². The number of benzene rings is 2. The van der Waals surface area contributed by atoms with E-state index in [1.54, 1.807) is 13.3 Å². The van der Waals surface area contributed by atoms with E-state index >= 15 is 0 Å². The number of hydrogen-bond acceptors (Lipinski definition) is 8. The summed E-state index contributed by atoms with van der Waals surface area (Å²) in [6.45, 7) is 3.40. The van der Waals surface area contributed by atoms with Crippen LogP contribution in [0.25, 0.3) is 22.2 Å². The van der Waals surface area contributed by atoms with E-state index in [1.807, 2.05) is 50.4 Å². The number of methoxy groups -OCH3 is 1. The van der Waals surface area contributed by atoms with Gasteiger partial charge in [0.15, 0.2) is 0 Å². The Morgan fingerprint density at radius 1 is 1.16 bits per heavy atom. The molecule has 0 radical (unpaired) electrons. The van der Waals surface area contributed by atoms with Gasteiger partial charge in [0.25, 0.3) is 0 Å². The first-order valence-electron chi connectivity index (χ1n) is 15.1. The predicted molar refractivity (Wildman–Crippen MR) is 172 cm³/mol. The first-order chi connectivity index (χ1) is 21.4. The molecule has 0 unspecified atom stereocenters. The number of hydrogen-bond donors (Lipinski definition) is 3. The Morgan fingerprint density at radius 2 is 2.00 bits per heavy atom. The number of imidazole rings is 1. The molecule has 4 aromatic rings. The number of carbonyl (C=O) groups excluding carboxylic acids is 2. The number of carbonyl (C=O) groups is 2. The zero-order chi connectivity index (χ0) is 31.1. The summed E-state index contributed by atoms with van der Waals surface area (Å²) in [5, 5.41) is 7.40. The lowest BCUT2D eigenvalue weighted by molar-refractivity contribution is -0.130. The van der Waals surface area contributed by atoms with Crippen LogP contribution in [0.15, 0.2) is 48.9 Å². The molecule has 0 saturated carbocycles. The summed E-state index contributed by atoms with van der Waals surface area (Å²) in [5.74, 6) is 4.90. The van der Waals surface area contributed by atoms with Crippen LogP contribution in [0.4, 0.5) is 11.5 Å². The predicted octanol–water partition coefficient (Wildman–Crippen LogP) is 5.40. The smallest absolute Gasteiger partial charge is 0.226 e. The number of unbranched alkanes of at least 4 members (excludes halogenated alkanes) is 2. The van der Waals surface area contributed by atoms with Crippen molar-refractivity contribution in [1.82, 2.24) is 30.2 Å². The number of anilines is 2. The minimum absolute atomic E-state index is 0.0214. The molecule has 1 atom stereocenters. The van der Waals surface area contributed by atoms with Crippen molar-refractivity contribution in [3.63, 3.8) is 0 Å². The van der Waals surface area contributed by atoms with Gasteiger partial charge in [-0.15, -0.1) is 6.42 Å². The topological polar surface area (TPSA) is 125 Å². The van der Waals surface area contributed by atoms with Crippen LogP contribution in [0.3, 0.4) is 0 Å². The summed E-state index contributed by atoms with van der Waals surface area (Å²) in [7, 11) is 3.63. The third kappa shape index (κ3) is 7.24. The SMILES string of the molecule is C#Cc1cccc(Nc2ncnc3cc(OC)c(-c4cnc([C@H](CCCCCC(=O)CC)NC(=O)C5CN(C)C5)[nH]4)cc23)c1. The number of nitrogens with one attached hydrogen (secondary N) is 3. The summed E-state index contributed by atoms with van der Waals surface area (Å²) >= 11 is 0. The quantitative estimate of drug-likeness (QED) is 0.131. The van der Waals surface area contributed by atoms with E-state index in [2.05, 4.69) is 36.4 Å². The summed E-state index contributed by atoms with van der Waals surface area (Å²) in [6, 6.07) is 11.1. The van der Waals surface area contributed by atoms with Crippen molar-refractivity contribution in [1.29, 1.82) is 0 Å². The lowest BCUT2D eigenvalue weighted by Gasteiger charge is -2.35. The normalized spacial score (nSPS) is 14.0. The fraction of sp³-hybridized carbons (Fsp3) is 0.382. The standard InChI is InChI=1S/C34H39N7O3/c1-5-22-11-10-12-24(15-22)38-32-27-16-26(31(44-4)17-29(27)36-21-37-32)30-18-35-33(39-30)28(14-9-7-8-13-25(42)6-2)40-34(43)23-19-41(3)20-23/h1,10-12,15-18,21,23,28H,6-9,13-14,19-20H2,2-4H3,(H,35,39)(H,40,43)(H,36,37,38)/t28-/m0/s1. The molecule has 10 nitrogen and oxygen atoms in total. The lowest BCUT2D eigenvalue weighted by Crippen LogP contribution is -2.52. The van der Waals surface area contributed by atoms with E-state index in [0.717, 1.165) is 66.7 Å². The molecule has 3 N–H and O–H groups in total. The number of ether oxygens (including phenoxy) is 1. The number of likely N-dealkylation sites (tertiary alicyclic amines) is 1. The molecule has 3 heterocycles. The monoisotopic (exact) mass is 593 g/mol. The third-order valence-corrected chi connectivity index (χ3v) is 8.06. The van der Waals surface area contributed by atoms with E-state index < -0.39 is 0 Å². The minimum Gasteiger partial charge on any atom is -0.496 e. The highest BCUT2D eigenvalue weighted by Gasteiger charge is 2.32. The van der Waals surface area contributed by atoms with Gasteiger partial charge in [0.05, 0.1) is 36.5 Å². The van der Waals surface area contributed by atoms with Gasteiger partial charge in [-0.2, -0.15) is 0 Å². The van der Waals surface area contributed by atoms with Gasteiger partial charge in [-0.3, -0.25) is 9.59 Å². The fourth-order valence-electron chi connectivity index (χ4n) is 5.49. The number of nitrogens with zero attached hydrogens (tertiary/aromatic N) is 4. The van der Waals surface area contributed by atoms with Crippen molar-refractivity contribution in [2.45, 2.75) is 51.5 Å². The molecule has 5 rings (SSSR count). The van der Waals surface area contributed by atoms with Crippen molar-refractivity contribution in [2.24, 2.45) is 5.92 Å². The maximum absolute atomic E-state index is 13.0. The Kier molecular flexibility index (Phi) is 9.87. The van der Waals surface area contributed by atoms with Crippen molar-refractivity contribution >= 4 is 34.1 Å². The minimum atomic E-state index is -0.278. The molecular formula is C34H39N7O3. The number of aromatic amines is 1. The number of amides is 1. The average molecular weight is 594 g/mol. The highest BCUT2D eigenvalue weighted by atomic mass is 16.5. The van der Waals surface area contributed by atoms with Crippen LogP contribution < -0.4 is 15.4 Å². The molecule has 1 saturated heterocycles. The number of rotatable bonds is 14. The number of terminal acetylenes is 1. The van der Waals surface area contributed by atoms with Gasteiger partial charge in [0.1, 0.15) is 29.5 Å². The van der Waals surface area contributed by atoms with Gasteiger partial charge in [-0.05, 0) is 44.2 Å². The molecular weight excluding hydrogens is 554 g/mol. The van der Waals surface area contributed by atoms with Crippen LogP contribution in [0.5, 0.6) is 5.75 Å². The average Bonchev–Trinajstić information content (AvgIpc) is 3.52. The summed E-state index contributed by atoms with van der Waals surface area (Å²) in [5.41, 5.74) is 3.84. The van der Waals surface area contributed by atoms with Crippen molar-refractivity contribution in [3.8, 4) is 29.4 Å². The Hall–Kier alpha value is -4.75. The Bertz CT molecular complexity index is 1670. The zero-order valence-corrected chi connectivity index (χ0v) is 25.5. The second kappa shape index (κ2) is 14.1. The van der Waals surface area contributed by atoms with Crippen LogP contribution in [-0.2, 0) is 9.59 Å². The lowest BCUT2D eigenvalue weighted by atomic mass is 9.98. The van der Waals surface area contributed by atoms with Crippen LogP contribution >= 0.6 is 0 Å². The highest BCUT2D eigenvalue weighted by Crippen LogP contribution is 2.36. The summed E-state index contributed by atoms with van der Waals surface area (Å²) < 4.78 is 5.76. The maximum atomic E-state index is 13.0. The number of H-pyrrole nitrogens is 1. The second-order valence-corrected chi connectivity index (χ2v) is 11.3. The second-order valence-electron chi connectivity index (χ2n) is 11.3. The van der Waals surface area contributed by atoms with E-state index in [-0.39, 0.29) is 23.7 Å². The first-order valence-corrected chi connectivity index (χ1v) is 15.1. The number of aromatic nitrogens is 4. The van der Waals surface area contributed by atoms with Crippen LogP contribution in [0.2, 0.25) is 0 Å². The van der Waals surface area contributed by atoms with Gasteiger partial charge >= 0.3 is 0 Å². The first kappa shape index (κ1) is 30.7. The van der Waals surface area contributed by atoms with Gasteiger partial charge < -0.3 is 25.3 Å². The molecule has 1 amide bonds. The summed E-state index contributed by atoms with van der Waals surface area (Å²) in [4.78, 5) is 44.0. The molecule has 2 aromatic heterocycles. The molecule has 0 bridgehead atoms. The fourth-order valence-corrected chi connectivity index (χ4v) is 5.49. The van der Waals surface area contributed by atoms with Crippen molar-refractivity contribution < 1.29 is 14.3 Å². The molecule has 228 valence electrons. The molecule has 10 heteroatoms. The van der Waals surface area contributed by atoms with Crippen LogP contribution in [-0.4, -0.2) is 63.8 Å². The highest BCUT2D eigenvalue weighted by molar-refractivity contribution is 5.95. The van der Waals surface area contributed by atoms with E-state index in [1.165, 1.54) is 6.33 Å². The largest absolute Gasteiger partial charge is 0.496 e. The van der Waals surface area contributed by atoms with E-state index in [0.29, 0.717) is 35.8 Å².